The second-order valence-electron chi connectivity index (χ2n) is 8.47. The van der Waals surface area contributed by atoms with Gasteiger partial charge in [0.1, 0.15) is 0 Å². The van der Waals surface area contributed by atoms with Crippen molar-refractivity contribution in [3.05, 3.63) is 78.4 Å². The molecule has 0 aromatic heterocycles. The Morgan fingerprint density at radius 1 is 0.818 bits per heavy atom. The van der Waals surface area contributed by atoms with Gasteiger partial charge >= 0.3 is 0 Å². The van der Waals surface area contributed by atoms with Gasteiger partial charge in [-0.15, -0.1) is 0 Å². The van der Waals surface area contributed by atoms with Crippen LogP contribution in [-0.4, -0.2) is 40.0 Å². The largest absolute Gasteiger partial charge is 0.493 e. The molecule has 1 saturated heterocycles. The van der Waals surface area contributed by atoms with E-state index in [9.17, 15) is 8.42 Å². The summed E-state index contributed by atoms with van der Waals surface area (Å²) < 4.78 is 38.3. The third-order valence-electron chi connectivity index (χ3n) is 6.47. The Morgan fingerprint density at radius 2 is 1.45 bits per heavy atom. The summed E-state index contributed by atoms with van der Waals surface area (Å²) in [7, 11) is -0.498. The van der Waals surface area contributed by atoms with Crippen molar-refractivity contribution >= 4 is 10.0 Å². The number of hydrogen-bond acceptors (Lipinski definition) is 4. The molecule has 0 radical (unpaired) electrons. The van der Waals surface area contributed by atoms with Gasteiger partial charge in [-0.05, 0) is 60.4 Å². The van der Waals surface area contributed by atoms with Crippen LogP contribution in [0.5, 0.6) is 11.5 Å². The molecule has 0 unspecified atom stereocenters. The molecule has 0 bridgehead atoms. The average Bonchev–Trinajstić information content (AvgIpc) is 2.88. The van der Waals surface area contributed by atoms with E-state index in [-0.39, 0.29) is 4.90 Å². The molecule has 3 aromatic carbocycles. The fourth-order valence-electron chi connectivity index (χ4n) is 4.43. The lowest BCUT2D eigenvalue weighted by atomic mass is 9.91. The topological polar surface area (TPSA) is 55.8 Å². The molecule has 0 saturated carbocycles. The van der Waals surface area contributed by atoms with Gasteiger partial charge < -0.3 is 9.47 Å². The number of nitrogens with zero attached hydrogens (tertiary/aromatic N) is 1. The van der Waals surface area contributed by atoms with Crippen LogP contribution in [-0.2, 0) is 16.4 Å². The highest BCUT2D eigenvalue weighted by Gasteiger charge is 2.30. The maximum absolute atomic E-state index is 13.1. The lowest BCUT2D eigenvalue weighted by Gasteiger charge is -2.31. The fraction of sp³-hybridized carbons (Fsp3) is 0.333. The summed E-state index contributed by atoms with van der Waals surface area (Å²) in [6.45, 7) is 1.10. The van der Waals surface area contributed by atoms with E-state index in [0.717, 1.165) is 25.7 Å². The van der Waals surface area contributed by atoms with Crippen LogP contribution in [0.15, 0.2) is 77.7 Å². The molecule has 174 valence electrons. The Labute approximate surface area is 197 Å². The number of ether oxygens (including phenoxy) is 2. The van der Waals surface area contributed by atoms with Crippen molar-refractivity contribution in [2.45, 2.75) is 30.6 Å². The van der Waals surface area contributed by atoms with E-state index >= 15 is 0 Å². The van der Waals surface area contributed by atoms with Crippen LogP contribution < -0.4 is 9.47 Å². The van der Waals surface area contributed by atoms with Crippen LogP contribution in [0.1, 0.15) is 24.8 Å². The lowest BCUT2D eigenvalue weighted by molar-refractivity contribution is 0.263. The highest BCUT2D eigenvalue weighted by atomic mass is 32.2. The minimum absolute atomic E-state index is 0.247. The third kappa shape index (κ3) is 5.40. The van der Waals surface area contributed by atoms with E-state index in [1.54, 1.807) is 22.5 Å². The molecule has 6 heteroatoms. The van der Waals surface area contributed by atoms with Crippen LogP contribution in [0, 0.1) is 5.92 Å². The molecular formula is C27H31NO4S. The van der Waals surface area contributed by atoms with Gasteiger partial charge in [0.15, 0.2) is 11.5 Å². The molecule has 1 fully saturated rings. The fourth-order valence-corrected chi connectivity index (χ4v) is 5.92. The van der Waals surface area contributed by atoms with Gasteiger partial charge in [0.05, 0.1) is 19.1 Å². The highest BCUT2D eigenvalue weighted by molar-refractivity contribution is 7.89. The first-order valence-corrected chi connectivity index (χ1v) is 12.8. The molecular weight excluding hydrogens is 434 g/mol. The second-order valence-corrected chi connectivity index (χ2v) is 10.4. The van der Waals surface area contributed by atoms with Crippen molar-refractivity contribution in [1.29, 1.82) is 0 Å². The Morgan fingerprint density at radius 3 is 2.09 bits per heavy atom. The Bertz CT molecular complexity index is 1150. The standard InChI is InChI=1S/C27H31NO4S/c1-31-26-15-14-25(20-27(26)32-2)33(29,30)28-18-16-22(17-19-28)9-8-21-10-12-24(13-11-21)23-6-4-3-5-7-23/h3-7,10-15,20,22H,8-9,16-19H2,1-2H3. The van der Waals surface area contributed by atoms with Crippen LogP contribution in [0.4, 0.5) is 0 Å². The zero-order valence-electron chi connectivity index (χ0n) is 19.2. The Hall–Kier alpha value is -2.83. The molecule has 1 aliphatic heterocycles. The SMILES string of the molecule is COc1ccc(S(=O)(=O)N2CCC(CCc3ccc(-c4ccccc4)cc3)CC2)cc1OC. The maximum Gasteiger partial charge on any atom is 0.243 e. The number of sulfonamides is 1. The van der Waals surface area contributed by atoms with Crippen LogP contribution in [0.2, 0.25) is 0 Å². The van der Waals surface area contributed by atoms with Gasteiger partial charge in [-0.3, -0.25) is 0 Å². The Balaban J connectivity index is 1.31. The lowest BCUT2D eigenvalue weighted by Crippen LogP contribution is -2.38. The quantitative estimate of drug-likeness (QED) is 0.447. The summed E-state index contributed by atoms with van der Waals surface area (Å²) >= 11 is 0. The number of aryl methyl sites for hydroxylation is 1. The molecule has 33 heavy (non-hydrogen) atoms. The van der Waals surface area contributed by atoms with Crippen molar-refractivity contribution in [1.82, 2.24) is 4.31 Å². The molecule has 4 rings (SSSR count). The molecule has 1 heterocycles. The molecule has 1 aliphatic rings. The minimum Gasteiger partial charge on any atom is -0.493 e. The predicted molar refractivity (Wildman–Crippen MR) is 131 cm³/mol. The molecule has 0 spiro atoms. The highest BCUT2D eigenvalue weighted by Crippen LogP contribution is 2.32. The van der Waals surface area contributed by atoms with Gasteiger partial charge in [-0.25, -0.2) is 8.42 Å². The molecule has 0 amide bonds. The summed E-state index contributed by atoms with van der Waals surface area (Å²) in [5.74, 6) is 1.48. The number of rotatable bonds is 8. The predicted octanol–water partition coefficient (Wildman–Crippen LogP) is 5.40. The van der Waals surface area contributed by atoms with E-state index in [4.69, 9.17) is 9.47 Å². The van der Waals surface area contributed by atoms with E-state index in [2.05, 4.69) is 48.5 Å². The second kappa shape index (κ2) is 10.4. The molecule has 3 aromatic rings. The van der Waals surface area contributed by atoms with Gasteiger partial charge in [0.2, 0.25) is 10.0 Å². The summed E-state index contributed by atoms with van der Waals surface area (Å²) in [4.78, 5) is 0.247. The smallest absolute Gasteiger partial charge is 0.243 e. The van der Waals surface area contributed by atoms with E-state index in [1.165, 1.54) is 30.9 Å². The third-order valence-corrected chi connectivity index (χ3v) is 8.36. The van der Waals surface area contributed by atoms with E-state index in [0.29, 0.717) is 30.5 Å². The van der Waals surface area contributed by atoms with Gasteiger partial charge in [-0.1, -0.05) is 54.6 Å². The zero-order chi connectivity index (χ0) is 23.3. The summed E-state index contributed by atoms with van der Waals surface area (Å²) in [6.07, 6.45) is 3.86. The number of benzene rings is 3. The maximum atomic E-state index is 13.1. The summed E-state index contributed by atoms with van der Waals surface area (Å²) in [6, 6.07) is 23.9. The molecule has 0 atom stereocenters. The van der Waals surface area contributed by atoms with Crippen molar-refractivity contribution in [3.63, 3.8) is 0 Å². The number of methoxy groups -OCH3 is 2. The minimum atomic E-state index is -3.54. The first kappa shape index (κ1) is 23.3. The first-order chi connectivity index (χ1) is 16.0. The molecule has 0 N–H and O–H groups in total. The van der Waals surface area contributed by atoms with Gasteiger partial charge in [0, 0.05) is 19.2 Å². The van der Waals surface area contributed by atoms with Crippen LogP contribution >= 0.6 is 0 Å². The zero-order valence-corrected chi connectivity index (χ0v) is 20.1. The van der Waals surface area contributed by atoms with Crippen molar-refractivity contribution in [3.8, 4) is 22.6 Å². The average molecular weight is 466 g/mol. The van der Waals surface area contributed by atoms with E-state index in [1.807, 2.05) is 6.07 Å². The van der Waals surface area contributed by atoms with E-state index < -0.39 is 10.0 Å². The molecule has 0 aliphatic carbocycles. The summed E-state index contributed by atoms with van der Waals surface area (Å²) in [5, 5.41) is 0. The van der Waals surface area contributed by atoms with Crippen molar-refractivity contribution < 1.29 is 17.9 Å². The molecule has 5 nitrogen and oxygen atoms in total. The van der Waals surface area contributed by atoms with Crippen molar-refractivity contribution in [2.24, 2.45) is 5.92 Å². The number of piperidine rings is 1. The number of hydrogen-bond donors (Lipinski definition) is 0. The summed E-state index contributed by atoms with van der Waals surface area (Å²) in [5.41, 5.74) is 3.79. The normalized spacial score (nSPS) is 15.3. The van der Waals surface area contributed by atoms with Gasteiger partial charge in [-0.2, -0.15) is 4.31 Å². The van der Waals surface area contributed by atoms with Crippen LogP contribution in [0.25, 0.3) is 11.1 Å². The van der Waals surface area contributed by atoms with Crippen molar-refractivity contribution in [2.75, 3.05) is 27.3 Å². The Kier molecular flexibility index (Phi) is 7.36. The van der Waals surface area contributed by atoms with Gasteiger partial charge in [0.25, 0.3) is 0 Å². The first-order valence-electron chi connectivity index (χ1n) is 11.4. The van der Waals surface area contributed by atoms with Crippen LogP contribution in [0.3, 0.4) is 0 Å². The monoisotopic (exact) mass is 465 g/mol.